The Balaban J connectivity index is 1.70. The lowest BCUT2D eigenvalue weighted by Crippen LogP contribution is -2.28. The lowest BCUT2D eigenvalue weighted by molar-refractivity contribution is 0.0860. The molecule has 26 heavy (non-hydrogen) atoms. The molecule has 1 saturated heterocycles. The Labute approximate surface area is 156 Å². The van der Waals surface area contributed by atoms with Crippen LogP contribution < -0.4 is 4.72 Å². The van der Waals surface area contributed by atoms with Gasteiger partial charge in [-0.25, -0.2) is 13.1 Å². The molecule has 0 bridgehead atoms. The summed E-state index contributed by atoms with van der Waals surface area (Å²) in [6, 6.07) is 15.2. The predicted octanol–water partition coefficient (Wildman–Crippen LogP) is 3.93. The van der Waals surface area contributed by atoms with Gasteiger partial charge in [-0.05, 0) is 56.4 Å². The molecule has 0 saturated carbocycles. The largest absolute Gasteiger partial charge is 0.378 e. The van der Waals surface area contributed by atoms with E-state index in [1.807, 2.05) is 31.2 Å². The number of nitrogens with one attached hydrogen (secondary N) is 1. The molecule has 0 spiro atoms. The maximum Gasteiger partial charge on any atom is 0.240 e. The monoisotopic (exact) mass is 373 g/mol. The summed E-state index contributed by atoms with van der Waals surface area (Å²) in [6.45, 7) is 5.24. The summed E-state index contributed by atoms with van der Waals surface area (Å²) in [5.41, 5.74) is 3.53. The lowest BCUT2D eigenvalue weighted by Gasteiger charge is -2.25. The van der Waals surface area contributed by atoms with Gasteiger partial charge in [-0.2, -0.15) is 0 Å². The summed E-state index contributed by atoms with van der Waals surface area (Å²) in [7, 11) is -3.48. The molecule has 1 fully saturated rings. The highest BCUT2D eigenvalue weighted by Gasteiger charge is 2.28. The van der Waals surface area contributed by atoms with Gasteiger partial charge in [-0.1, -0.05) is 42.0 Å². The fourth-order valence-corrected chi connectivity index (χ4v) is 4.66. The minimum Gasteiger partial charge on any atom is -0.378 e. The number of sulfonamides is 1. The Bertz CT molecular complexity index is 825. The summed E-state index contributed by atoms with van der Waals surface area (Å²) in [6.07, 6.45) is 2.99. The van der Waals surface area contributed by atoms with E-state index >= 15 is 0 Å². The van der Waals surface area contributed by atoms with Crippen molar-refractivity contribution in [3.63, 3.8) is 0 Å². The van der Waals surface area contributed by atoms with Crippen molar-refractivity contribution >= 4 is 10.0 Å². The molecule has 2 aromatic carbocycles. The van der Waals surface area contributed by atoms with E-state index in [1.165, 1.54) is 11.1 Å². The quantitative estimate of drug-likeness (QED) is 0.800. The zero-order chi connectivity index (χ0) is 18.6. The zero-order valence-corrected chi connectivity index (χ0v) is 16.3. The van der Waals surface area contributed by atoms with Crippen LogP contribution in [0.15, 0.2) is 53.4 Å². The Hall–Kier alpha value is -1.69. The number of hydrogen-bond donors (Lipinski definition) is 1. The van der Waals surface area contributed by atoms with E-state index in [9.17, 15) is 8.42 Å². The third-order valence-electron chi connectivity index (χ3n) is 5.08. The number of ether oxygens (including phenoxy) is 1. The van der Waals surface area contributed by atoms with Crippen molar-refractivity contribution in [2.75, 3.05) is 13.2 Å². The first-order chi connectivity index (χ1) is 12.5. The molecule has 1 N–H and O–H groups in total. The highest BCUT2D eigenvalue weighted by molar-refractivity contribution is 7.89. The number of benzene rings is 2. The van der Waals surface area contributed by atoms with Gasteiger partial charge in [0, 0.05) is 19.1 Å². The molecular formula is C21H27NO3S. The van der Waals surface area contributed by atoms with Crippen molar-refractivity contribution in [2.24, 2.45) is 0 Å². The van der Waals surface area contributed by atoms with Crippen LogP contribution in [0.4, 0.5) is 0 Å². The van der Waals surface area contributed by atoms with Gasteiger partial charge >= 0.3 is 0 Å². The van der Waals surface area contributed by atoms with Gasteiger partial charge in [0.1, 0.15) is 0 Å². The third kappa shape index (κ3) is 4.53. The molecule has 2 aromatic rings. The summed E-state index contributed by atoms with van der Waals surface area (Å²) >= 11 is 0. The normalized spacial score (nSPS) is 18.8. The maximum absolute atomic E-state index is 12.5. The second-order valence-electron chi connectivity index (χ2n) is 7.01. The van der Waals surface area contributed by atoms with E-state index < -0.39 is 10.0 Å². The lowest BCUT2D eigenvalue weighted by atomic mass is 9.86. The first kappa shape index (κ1) is 19.1. The zero-order valence-electron chi connectivity index (χ0n) is 15.4. The molecule has 140 valence electrons. The van der Waals surface area contributed by atoms with Crippen molar-refractivity contribution in [1.29, 1.82) is 0 Å². The van der Waals surface area contributed by atoms with E-state index in [2.05, 4.69) is 23.8 Å². The Morgan fingerprint density at radius 2 is 1.85 bits per heavy atom. The summed E-state index contributed by atoms with van der Waals surface area (Å²) < 4.78 is 33.7. The van der Waals surface area contributed by atoms with Crippen LogP contribution in [0.25, 0.3) is 0 Å². The van der Waals surface area contributed by atoms with Crippen LogP contribution >= 0.6 is 0 Å². The van der Waals surface area contributed by atoms with Crippen molar-refractivity contribution in [3.8, 4) is 0 Å². The van der Waals surface area contributed by atoms with Gasteiger partial charge in [0.15, 0.2) is 0 Å². The second-order valence-corrected chi connectivity index (χ2v) is 8.78. The SMILES string of the molecule is Cc1ccc(S(=O)(=O)NCC[C@H](c2ccccc2C)[C@@H]2CCCO2)cc1. The minimum absolute atomic E-state index is 0.167. The van der Waals surface area contributed by atoms with Gasteiger partial charge in [-0.3, -0.25) is 0 Å². The van der Waals surface area contributed by atoms with Crippen LogP contribution in [0.5, 0.6) is 0 Å². The van der Waals surface area contributed by atoms with Crippen LogP contribution in [0.1, 0.15) is 41.9 Å². The fourth-order valence-electron chi connectivity index (χ4n) is 3.61. The van der Waals surface area contributed by atoms with Crippen LogP contribution in [-0.4, -0.2) is 27.7 Å². The molecule has 0 unspecified atom stereocenters. The van der Waals surface area contributed by atoms with Gasteiger partial charge in [0.25, 0.3) is 0 Å². The molecule has 0 aromatic heterocycles. The van der Waals surface area contributed by atoms with Crippen molar-refractivity contribution in [1.82, 2.24) is 4.72 Å². The molecular weight excluding hydrogens is 346 g/mol. The van der Waals surface area contributed by atoms with E-state index in [-0.39, 0.29) is 12.0 Å². The van der Waals surface area contributed by atoms with Crippen LogP contribution in [0, 0.1) is 13.8 Å². The first-order valence-corrected chi connectivity index (χ1v) is 10.7. The average Bonchev–Trinajstić information content (AvgIpc) is 3.14. The molecule has 2 atom stereocenters. The van der Waals surface area contributed by atoms with Gasteiger partial charge < -0.3 is 4.74 Å². The van der Waals surface area contributed by atoms with Crippen molar-refractivity contribution in [2.45, 2.75) is 50.0 Å². The Morgan fingerprint density at radius 1 is 1.12 bits per heavy atom. The van der Waals surface area contributed by atoms with E-state index in [1.54, 1.807) is 12.1 Å². The first-order valence-electron chi connectivity index (χ1n) is 9.21. The molecule has 4 nitrogen and oxygen atoms in total. The molecule has 0 aliphatic carbocycles. The Kier molecular flexibility index (Phi) is 6.12. The van der Waals surface area contributed by atoms with Crippen LogP contribution in [0.2, 0.25) is 0 Å². The summed E-state index contributed by atoms with van der Waals surface area (Å²) in [5.74, 6) is 0.208. The minimum atomic E-state index is -3.48. The molecule has 1 aliphatic rings. The smallest absolute Gasteiger partial charge is 0.240 e. The molecule has 0 radical (unpaired) electrons. The van der Waals surface area contributed by atoms with E-state index in [0.29, 0.717) is 11.4 Å². The van der Waals surface area contributed by atoms with Gasteiger partial charge in [0.2, 0.25) is 10.0 Å². The standard InChI is InChI=1S/C21H27NO3S/c1-16-9-11-18(12-10-16)26(23,24)22-14-13-20(21-8-5-15-25-21)19-7-4-3-6-17(19)2/h3-4,6-7,9-12,20-22H,5,8,13-15H2,1-2H3/t20-,21+/m1/s1. The molecule has 0 amide bonds. The number of aryl methyl sites for hydroxylation is 2. The fraction of sp³-hybridized carbons (Fsp3) is 0.429. The number of hydrogen-bond acceptors (Lipinski definition) is 3. The summed E-state index contributed by atoms with van der Waals surface area (Å²) in [4.78, 5) is 0.313. The van der Waals surface area contributed by atoms with Gasteiger partial charge in [-0.15, -0.1) is 0 Å². The van der Waals surface area contributed by atoms with Crippen LogP contribution in [0.3, 0.4) is 0 Å². The number of rotatable bonds is 7. The van der Waals surface area contributed by atoms with Crippen LogP contribution in [-0.2, 0) is 14.8 Å². The van der Waals surface area contributed by atoms with E-state index in [0.717, 1.165) is 31.4 Å². The summed E-state index contributed by atoms with van der Waals surface area (Å²) in [5, 5.41) is 0. The van der Waals surface area contributed by atoms with E-state index in [4.69, 9.17) is 4.74 Å². The topological polar surface area (TPSA) is 55.4 Å². The Morgan fingerprint density at radius 3 is 2.50 bits per heavy atom. The predicted molar refractivity (Wildman–Crippen MR) is 104 cm³/mol. The highest BCUT2D eigenvalue weighted by Crippen LogP contribution is 2.33. The third-order valence-corrected chi connectivity index (χ3v) is 6.56. The molecule has 1 heterocycles. The molecule has 1 aliphatic heterocycles. The second kappa shape index (κ2) is 8.33. The average molecular weight is 374 g/mol. The van der Waals surface area contributed by atoms with Crippen molar-refractivity contribution < 1.29 is 13.2 Å². The maximum atomic E-state index is 12.5. The van der Waals surface area contributed by atoms with Crippen molar-refractivity contribution in [3.05, 3.63) is 65.2 Å². The molecule has 5 heteroatoms. The highest BCUT2D eigenvalue weighted by atomic mass is 32.2. The molecule has 3 rings (SSSR count). The van der Waals surface area contributed by atoms with Gasteiger partial charge in [0.05, 0.1) is 11.0 Å².